The third-order valence-corrected chi connectivity index (χ3v) is 2.48. The zero-order chi connectivity index (χ0) is 11.6. The molecule has 0 aliphatic heterocycles. The van der Waals surface area contributed by atoms with Gasteiger partial charge in [-0.15, -0.1) is 0 Å². The van der Waals surface area contributed by atoms with Crippen LogP contribution in [-0.4, -0.2) is 19.5 Å². The zero-order valence-electron chi connectivity index (χ0n) is 7.07. The van der Waals surface area contributed by atoms with Crippen LogP contribution in [0.2, 0.25) is 5.02 Å². The van der Waals surface area contributed by atoms with Crippen LogP contribution in [0.1, 0.15) is 10.4 Å². The molecule has 0 radical (unpaired) electrons. The lowest BCUT2D eigenvalue weighted by molar-refractivity contribution is 0.0697. The Kier molecular flexibility index (Phi) is 3.43. The lowest BCUT2D eigenvalue weighted by Gasteiger charge is -2.04. The molecule has 0 aromatic heterocycles. The number of rotatable bonds is 3. The number of hydrogen-bond donors (Lipinski definition) is 2. The summed E-state index contributed by atoms with van der Waals surface area (Å²) in [5, 5.41) is 8.71. The van der Waals surface area contributed by atoms with Gasteiger partial charge in [-0.2, -0.15) is 8.42 Å². The third kappa shape index (κ3) is 3.58. The van der Waals surface area contributed by atoms with Crippen LogP contribution in [-0.2, 0) is 9.24 Å². The Balaban J connectivity index is 3.14. The second-order valence-electron chi connectivity index (χ2n) is 2.54. The number of carbonyl (C=O) groups is 1. The maximum absolute atomic E-state index is 10.6. The van der Waals surface area contributed by atoms with Gasteiger partial charge in [-0.1, -0.05) is 11.6 Å². The van der Waals surface area contributed by atoms with E-state index in [0.717, 1.165) is 6.07 Å². The van der Waals surface area contributed by atoms with E-state index in [0.29, 0.717) is 0 Å². The van der Waals surface area contributed by atoms with Crippen molar-refractivity contribution in [2.24, 2.45) is 0 Å². The predicted octanol–water partition coefficient (Wildman–Crippen LogP) is 1.93. The van der Waals surface area contributed by atoms with E-state index in [4.69, 9.17) is 27.4 Å². The van der Waals surface area contributed by atoms with E-state index in [1.54, 1.807) is 0 Å². The number of halogens is 2. The predicted molar refractivity (Wildman–Crippen MR) is 56.8 cm³/mol. The van der Waals surface area contributed by atoms with Crippen molar-refractivity contribution >= 4 is 43.2 Å². The largest absolute Gasteiger partial charge is 0.478 e. The average molecular weight is 270 g/mol. The summed E-state index contributed by atoms with van der Waals surface area (Å²) in [6, 6.07) is 3.63. The van der Waals surface area contributed by atoms with Gasteiger partial charge >= 0.3 is 15.2 Å². The van der Waals surface area contributed by atoms with Crippen LogP contribution < -0.4 is 4.72 Å². The van der Waals surface area contributed by atoms with E-state index in [2.05, 4.69) is 0 Å². The molecule has 1 rings (SSSR count). The molecule has 1 aromatic rings. The van der Waals surface area contributed by atoms with Crippen LogP contribution in [0.3, 0.4) is 0 Å². The molecular weight excluding hydrogens is 265 g/mol. The van der Waals surface area contributed by atoms with Crippen molar-refractivity contribution in [3.05, 3.63) is 28.8 Å². The summed E-state index contributed by atoms with van der Waals surface area (Å²) in [6.07, 6.45) is 0. The zero-order valence-corrected chi connectivity index (χ0v) is 9.40. The summed E-state index contributed by atoms with van der Waals surface area (Å²) in [6.45, 7) is 0. The smallest absolute Gasteiger partial charge is 0.337 e. The van der Waals surface area contributed by atoms with Gasteiger partial charge in [0.05, 0.1) is 16.3 Å². The van der Waals surface area contributed by atoms with Crippen LogP contribution in [0.5, 0.6) is 0 Å². The van der Waals surface area contributed by atoms with Gasteiger partial charge in [-0.3, -0.25) is 4.72 Å². The van der Waals surface area contributed by atoms with E-state index in [1.165, 1.54) is 12.1 Å². The summed E-state index contributed by atoms with van der Waals surface area (Å²) in [5.41, 5.74) is -0.172. The quantitative estimate of drug-likeness (QED) is 0.822. The van der Waals surface area contributed by atoms with Crippen LogP contribution in [0.15, 0.2) is 18.2 Å². The summed E-state index contributed by atoms with van der Waals surface area (Å²) >= 11 is 5.57. The van der Waals surface area contributed by atoms with Crippen LogP contribution in [0.4, 0.5) is 5.69 Å². The highest BCUT2D eigenvalue weighted by Crippen LogP contribution is 2.21. The lowest BCUT2D eigenvalue weighted by atomic mass is 10.2. The molecule has 0 heterocycles. The molecule has 0 fully saturated rings. The van der Waals surface area contributed by atoms with Crippen LogP contribution >= 0.6 is 22.3 Å². The first-order valence-corrected chi connectivity index (χ1v) is 6.23. The van der Waals surface area contributed by atoms with Gasteiger partial charge in [-0.05, 0) is 18.2 Å². The fourth-order valence-corrected chi connectivity index (χ4v) is 1.77. The van der Waals surface area contributed by atoms with Crippen molar-refractivity contribution in [1.82, 2.24) is 0 Å². The lowest BCUT2D eigenvalue weighted by Crippen LogP contribution is -2.06. The Morgan fingerprint density at radius 1 is 1.40 bits per heavy atom. The Morgan fingerprint density at radius 3 is 2.47 bits per heavy atom. The van der Waals surface area contributed by atoms with E-state index in [9.17, 15) is 13.2 Å². The van der Waals surface area contributed by atoms with Gasteiger partial charge in [-0.25, -0.2) is 4.79 Å². The summed E-state index contributed by atoms with van der Waals surface area (Å²) < 4.78 is 23.2. The van der Waals surface area contributed by atoms with Crippen LogP contribution in [0, 0.1) is 0 Å². The highest BCUT2D eigenvalue weighted by molar-refractivity contribution is 8.14. The Morgan fingerprint density at radius 2 is 2.00 bits per heavy atom. The fourth-order valence-electron chi connectivity index (χ4n) is 0.893. The molecule has 15 heavy (non-hydrogen) atoms. The third-order valence-electron chi connectivity index (χ3n) is 1.44. The second kappa shape index (κ2) is 4.26. The first-order valence-electron chi connectivity index (χ1n) is 3.55. The molecule has 0 saturated carbocycles. The van der Waals surface area contributed by atoms with Gasteiger partial charge in [0.15, 0.2) is 0 Å². The molecule has 0 saturated heterocycles. The van der Waals surface area contributed by atoms with Gasteiger partial charge in [0.2, 0.25) is 0 Å². The molecule has 0 aliphatic rings. The van der Waals surface area contributed by atoms with Gasteiger partial charge in [0.1, 0.15) is 0 Å². The molecule has 8 heteroatoms. The Labute approximate surface area is 95.2 Å². The number of benzene rings is 1. The summed E-state index contributed by atoms with van der Waals surface area (Å²) in [5.74, 6) is -1.25. The second-order valence-corrected chi connectivity index (χ2v) is 5.25. The highest BCUT2D eigenvalue weighted by atomic mass is 35.7. The number of hydrogen-bond acceptors (Lipinski definition) is 3. The Hall–Kier alpha value is -0.980. The molecular formula is C7H5Cl2NO4S. The van der Waals surface area contributed by atoms with Crippen molar-refractivity contribution in [1.29, 1.82) is 0 Å². The standard InChI is InChI=1S/C7H5Cl2NO4S/c8-6-2-1-4(10-15(9,13)14)3-5(6)7(11)12/h1-3,10H,(H,11,12). The Bertz CT molecular complexity index is 500. The molecule has 0 spiro atoms. The first kappa shape index (κ1) is 12.1. The minimum absolute atomic E-state index is 0.0139. The molecule has 0 unspecified atom stereocenters. The van der Waals surface area contributed by atoms with E-state index < -0.39 is 15.2 Å². The summed E-state index contributed by atoms with van der Waals surface area (Å²) in [4.78, 5) is 10.6. The minimum atomic E-state index is -3.95. The molecule has 2 N–H and O–H groups in total. The maximum atomic E-state index is 10.6. The number of anilines is 1. The van der Waals surface area contributed by atoms with E-state index >= 15 is 0 Å². The fraction of sp³-hybridized carbons (Fsp3) is 0. The molecule has 0 amide bonds. The number of carboxylic acid groups (broad SMARTS) is 1. The van der Waals surface area contributed by atoms with Crippen molar-refractivity contribution in [3.63, 3.8) is 0 Å². The van der Waals surface area contributed by atoms with E-state index in [-0.39, 0.29) is 16.3 Å². The first-order chi connectivity index (χ1) is 6.79. The van der Waals surface area contributed by atoms with Crippen molar-refractivity contribution in [2.45, 2.75) is 0 Å². The average Bonchev–Trinajstić information content (AvgIpc) is 2.05. The van der Waals surface area contributed by atoms with Crippen molar-refractivity contribution in [3.8, 4) is 0 Å². The molecule has 1 aromatic carbocycles. The number of nitrogens with one attached hydrogen (secondary N) is 1. The van der Waals surface area contributed by atoms with Gasteiger partial charge in [0.25, 0.3) is 0 Å². The molecule has 0 atom stereocenters. The van der Waals surface area contributed by atoms with Crippen molar-refractivity contribution < 1.29 is 18.3 Å². The normalized spacial score (nSPS) is 11.1. The van der Waals surface area contributed by atoms with Gasteiger partial charge < -0.3 is 5.11 Å². The molecule has 0 aliphatic carbocycles. The number of carboxylic acids is 1. The number of aromatic carboxylic acids is 1. The molecule has 82 valence electrons. The summed E-state index contributed by atoms with van der Waals surface area (Å²) in [7, 11) is 0.974. The minimum Gasteiger partial charge on any atom is -0.478 e. The van der Waals surface area contributed by atoms with Gasteiger partial charge in [0, 0.05) is 10.7 Å². The molecule has 0 bridgehead atoms. The van der Waals surface area contributed by atoms with E-state index in [1.807, 2.05) is 4.72 Å². The van der Waals surface area contributed by atoms with Crippen LogP contribution in [0.25, 0.3) is 0 Å². The monoisotopic (exact) mass is 269 g/mol. The topological polar surface area (TPSA) is 83.5 Å². The highest BCUT2D eigenvalue weighted by Gasteiger charge is 2.11. The molecule has 5 nitrogen and oxygen atoms in total. The van der Waals surface area contributed by atoms with Crippen molar-refractivity contribution in [2.75, 3.05) is 4.72 Å². The SMILES string of the molecule is O=C(O)c1cc(NS(=O)(=O)Cl)ccc1Cl. The maximum Gasteiger partial charge on any atom is 0.337 e.